The fraction of sp³-hybridized carbons (Fsp3) is 0.250. The van der Waals surface area contributed by atoms with Crippen LogP contribution in [0, 0.1) is 0 Å². The van der Waals surface area contributed by atoms with Gasteiger partial charge in [-0.15, -0.1) is 0 Å². The lowest BCUT2D eigenvalue weighted by atomic mass is 9.79. The largest absolute Gasteiger partial charge is 0.493 e. The van der Waals surface area contributed by atoms with Crippen molar-refractivity contribution >= 4 is 15.9 Å². The first-order valence-corrected chi connectivity index (χ1v) is 10.4. The molecule has 28 heavy (non-hydrogen) atoms. The summed E-state index contributed by atoms with van der Waals surface area (Å²) in [7, 11) is 3.32. The molecule has 0 aliphatic carbocycles. The Hall–Kier alpha value is -2.30. The lowest BCUT2D eigenvalue weighted by Crippen LogP contribution is -2.34. The predicted octanol–water partition coefficient (Wildman–Crippen LogP) is 5.80. The standard InChI is InChI=1S/C24H25BrO3/c1-26-22-16-9-15-21(23(22)27-2)24(28-18-10-17-25,19-11-5-3-6-12-19)20-13-7-4-8-14-20/h3-9,11-16H,10,17-18H2,1-2H3. The highest BCUT2D eigenvalue weighted by atomic mass is 79.9. The Bertz CT molecular complexity index is 826. The number of alkyl halides is 1. The molecule has 3 aromatic rings. The minimum absolute atomic E-state index is 0.593. The van der Waals surface area contributed by atoms with Crippen molar-refractivity contribution in [2.24, 2.45) is 0 Å². The number of rotatable bonds is 9. The van der Waals surface area contributed by atoms with Gasteiger partial charge in [-0.25, -0.2) is 0 Å². The van der Waals surface area contributed by atoms with Crippen LogP contribution in [0.25, 0.3) is 0 Å². The topological polar surface area (TPSA) is 27.7 Å². The molecule has 0 aliphatic heterocycles. The lowest BCUT2D eigenvalue weighted by Gasteiger charge is -2.37. The molecular formula is C24H25BrO3. The molecule has 0 saturated heterocycles. The van der Waals surface area contributed by atoms with Gasteiger partial charge < -0.3 is 14.2 Å². The van der Waals surface area contributed by atoms with Crippen LogP contribution in [0.3, 0.4) is 0 Å². The minimum Gasteiger partial charge on any atom is -0.493 e. The second-order valence-corrected chi connectivity index (χ2v) is 7.14. The molecule has 3 nitrogen and oxygen atoms in total. The molecule has 0 atom stereocenters. The van der Waals surface area contributed by atoms with Crippen LogP contribution in [0.1, 0.15) is 23.1 Å². The molecule has 3 rings (SSSR count). The second kappa shape index (κ2) is 9.76. The van der Waals surface area contributed by atoms with Crippen LogP contribution in [0.15, 0.2) is 78.9 Å². The van der Waals surface area contributed by atoms with E-state index in [0.29, 0.717) is 18.1 Å². The van der Waals surface area contributed by atoms with Crippen molar-refractivity contribution in [1.82, 2.24) is 0 Å². The fourth-order valence-corrected chi connectivity index (χ4v) is 3.74. The Balaban J connectivity index is 2.33. The van der Waals surface area contributed by atoms with Gasteiger partial charge in [-0.3, -0.25) is 0 Å². The van der Waals surface area contributed by atoms with Gasteiger partial charge in [-0.1, -0.05) is 88.7 Å². The number of methoxy groups -OCH3 is 2. The molecule has 0 saturated carbocycles. The maximum atomic E-state index is 6.70. The molecule has 0 heterocycles. The summed E-state index contributed by atoms with van der Waals surface area (Å²) in [6, 6.07) is 26.5. The van der Waals surface area contributed by atoms with E-state index in [-0.39, 0.29) is 0 Å². The van der Waals surface area contributed by atoms with Gasteiger partial charge in [0.15, 0.2) is 11.5 Å². The van der Waals surface area contributed by atoms with Gasteiger partial charge in [-0.2, -0.15) is 0 Å². The summed E-state index contributed by atoms with van der Waals surface area (Å²) in [4.78, 5) is 0. The number of benzene rings is 3. The summed E-state index contributed by atoms with van der Waals surface area (Å²) in [5.41, 5.74) is 2.19. The maximum absolute atomic E-state index is 6.70. The fourth-order valence-electron chi connectivity index (χ4n) is 3.51. The molecule has 3 aromatic carbocycles. The van der Waals surface area contributed by atoms with Gasteiger partial charge in [0.25, 0.3) is 0 Å². The predicted molar refractivity (Wildman–Crippen MR) is 117 cm³/mol. The van der Waals surface area contributed by atoms with Crippen molar-refractivity contribution < 1.29 is 14.2 Å². The lowest BCUT2D eigenvalue weighted by molar-refractivity contribution is 0.0120. The summed E-state index contributed by atoms with van der Waals surface area (Å²) < 4.78 is 18.1. The highest BCUT2D eigenvalue weighted by Crippen LogP contribution is 2.47. The summed E-state index contributed by atoms with van der Waals surface area (Å²) >= 11 is 3.51. The third-order valence-corrected chi connectivity index (χ3v) is 5.30. The van der Waals surface area contributed by atoms with Crippen molar-refractivity contribution in [3.63, 3.8) is 0 Å². The van der Waals surface area contributed by atoms with Crippen LogP contribution in [0.2, 0.25) is 0 Å². The first-order chi connectivity index (χ1) is 13.8. The van der Waals surface area contributed by atoms with E-state index < -0.39 is 5.60 Å². The Morgan fingerprint density at radius 3 is 1.86 bits per heavy atom. The number of para-hydroxylation sites is 1. The quantitative estimate of drug-likeness (QED) is 0.239. The summed E-state index contributed by atoms with van der Waals surface area (Å²) in [6.07, 6.45) is 0.897. The average Bonchev–Trinajstić information content (AvgIpc) is 2.77. The molecular weight excluding hydrogens is 416 g/mol. The van der Waals surface area contributed by atoms with Crippen molar-refractivity contribution in [1.29, 1.82) is 0 Å². The Morgan fingerprint density at radius 2 is 1.36 bits per heavy atom. The van der Waals surface area contributed by atoms with E-state index in [1.54, 1.807) is 14.2 Å². The van der Waals surface area contributed by atoms with Crippen molar-refractivity contribution in [3.05, 3.63) is 95.6 Å². The van der Waals surface area contributed by atoms with Crippen molar-refractivity contribution in [2.75, 3.05) is 26.2 Å². The molecule has 0 amide bonds. The van der Waals surface area contributed by atoms with E-state index in [1.165, 1.54) is 0 Å². The average molecular weight is 441 g/mol. The zero-order chi connectivity index (χ0) is 19.8. The molecule has 4 heteroatoms. The van der Waals surface area contributed by atoms with Gasteiger partial charge in [0, 0.05) is 17.5 Å². The maximum Gasteiger partial charge on any atom is 0.167 e. The first-order valence-electron chi connectivity index (χ1n) is 9.30. The van der Waals surface area contributed by atoms with Gasteiger partial charge >= 0.3 is 0 Å². The third kappa shape index (κ3) is 3.94. The minimum atomic E-state index is -0.815. The van der Waals surface area contributed by atoms with Crippen LogP contribution in [0.5, 0.6) is 11.5 Å². The van der Waals surface area contributed by atoms with E-state index in [2.05, 4.69) is 46.3 Å². The third-order valence-electron chi connectivity index (χ3n) is 4.74. The van der Waals surface area contributed by atoms with E-state index in [0.717, 1.165) is 28.4 Å². The monoisotopic (exact) mass is 440 g/mol. The number of ether oxygens (including phenoxy) is 3. The molecule has 146 valence electrons. The van der Waals surface area contributed by atoms with Gasteiger partial charge in [0.1, 0.15) is 5.60 Å². The number of hydrogen-bond acceptors (Lipinski definition) is 3. The summed E-state index contributed by atoms with van der Waals surface area (Å²) in [5, 5.41) is 0.877. The molecule has 0 unspecified atom stereocenters. The zero-order valence-electron chi connectivity index (χ0n) is 16.2. The van der Waals surface area contributed by atoms with E-state index in [4.69, 9.17) is 14.2 Å². The van der Waals surface area contributed by atoms with Crippen molar-refractivity contribution in [3.8, 4) is 11.5 Å². The molecule has 0 aromatic heterocycles. The molecule has 0 aliphatic rings. The summed E-state index contributed by atoms with van der Waals surface area (Å²) in [6.45, 7) is 0.593. The van der Waals surface area contributed by atoms with Crippen LogP contribution in [-0.4, -0.2) is 26.2 Å². The normalized spacial score (nSPS) is 11.2. The van der Waals surface area contributed by atoms with Gasteiger partial charge in [0.2, 0.25) is 0 Å². The van der Waals surface area contributed by atoms with Crippen LogP contribution >= 0.6 is 15.9 Å². The van der Waals surface area contributed by atoms with E-state index in [9.17, 15) is 0 Å². The Labute approximate surface area is 175 Å². The smallest absolute Gasteiger partial charge is 0.167 e. The Kier molecular flexibility index (Phi) is 7.12. The van der Waals surface area contributed by atoms with E-state index in [1.807, 2.05) is 48.5 Å². The molecule has 0 bridgehead atoms. The zero-order valence-corrected chi connectivity index (χ0v) is 17.8. The number of hydrogen-bond donors (Lipinski definition) is 0. The van der Waals surface area contributed by atoms with Gasteiger partial charge in [0.05, 0.1) is 14.2 Å². The Morgan fingerprint density at radius 1 is 0.750 bits per heavy atom. The SMILES string of the molecule is COc1cccc(C(OCCCBr)(c2ccccc2)c2ccccc2)c1OC. The first kappa shape index (κ1) is 20.4. The van der Waals surface area contributed by atoms with Crippen LogP contribution in [-0.2, 0) is 10.3 Å². The van der Waals surface area contributed by atoms with Crippen LogP contribution in [0.4, 0.5) is 0 Å². The van der Waals surface area contributed by atoms with Crippen molar-refractivity contribution in [2.45, 2.75) is 12.0 Å². The second-order valence-electron chi connectivity index (χ2n) is 6.35. The van der Waals surface area contributed by atoms with E-state index >= 15 is 0 Å². The highest BCUT2D eigenvalue weighted by molar-refractivity contribution is 9.09. The molecule has 0 spiro atoms. The number of halogens is 1. The molecule has 0 fully saturated rings. The highest BCUT2D eigenvalue weighted by Gasteiger charge is 2.40. The van der Waals surface area contributed by atoms with Crippen LogP contribution < -0.4 is 9.47 Å². The molecule has 0 N–H and O–H groups in total. The summed E-state index contributed by atoms with van der Waals surface area (Å²) in [5.74, 6) is 1.36. The molecule has 0 radical (unpaired) electrons. The van der Waals surface area contributed by atoms with Gasteiger partial charge in [-0.05, 0) is 23.6 Å².